The van der Waals surface area contributed by atoms with Crippen LogP contribution in [0, 0.1) is 0 Å². The van der Waals surface area contributed by atoms with E-state index in [4.69, 9.17) is 0 Å². The Morgan fingerprint density at radius 1 is 1.53 bits per heavy atom. The first-order valence-electron chi connectivity index (χ1n) is 5.65. The fraction of sp³-hybridized carbons (Fsp3) is 0.700. The van der Waals surface area contributed by atoms with Gasteiger partial charge in [-0.3, -0.25) is 0 Å². The molecule has 0 aliphatic carbocycles. The minimum absolute atomic E-state index is 0.0131. The summed E-state index contributed by atoms with van der Waals surface area (Å²) < 4.78 is 1.82. The van der Waals surface area contributed by atoms with E-state index in [-0.39, 0.29) is 12.1 Å². The molecule has 1 aliphatic heterocycles. The number of nitrogens with one attached hydrogen (secondary N) is 1. The van der Waals surface area contributed by atoms with Crippen LogP contribution >= 0.6 is 11.8 Å². The SMILES string of the molecule is C[C@@H](NC(=O)N1CCSCC1)c1nncn1C. The standard InChI is InChI=1S/C10H17N5OS/c1-8(9-13-11-7-14(9)2)12-10(16)15-3-5-17-6-4-15/h7-8H,3-6H2,1-2H3,(H,12,16)/t8-/m1/s1. The zero-order chi connectivity index (χ0) is 12.3. The van der Waals surface area contributed by atoms with Gasteiger partial charge in [-0.15, -0.1) is 10.2 Å². The molecule has 2 amide bonds. The Hall–Kier alpha value is -1.24. The molecular weight excluding hydrogens is 238 g/mol. The second-order valence-electron chi connectivity index (χ2n) is 4.07. The summed E-state index contributed by atoms with van der Waals surface area (Å²) in [5.74, 6) is 2.81. The van der Waals surface area contributed by atoms with Crippen LogP contribution in [0.15, 0.2) is 6.33 Å². The van der Waals surface area contributed by atoms with Gasteiger partial charge in [0, 0.05) is 31.6 Å². The van der Waals surface area contributed by atoms with E-state index in [2.05, 4.69) is 15.5 Å². The quantitative estimate of drug-likeness (QED) is 0.842. The van der Waals surface area contributed by atoms with Crippen LogP contribution in [-0.4, -0.2) is 50.3 Å². The van der Waals surface area contributed by atoms with Crippen molar-refractivity contribution < 1.29 is 4.79 Å². The predicted molar refractivity (Wildman–Crippen MR) is 66.8 cm³/mol. The summed E-state index contributed by atoms with van der Waals surface area (Å²) in [5, 5.41) is 10.7. The van der Waals surface area contributed by atoms with Crippen LogP contribution in [0.2, 0.25) is 0 Å². The van der Waals surface area contributed by atoms with Crippen LogP contribution in [0.1, 0.15) is 18.8 Å². The van der Waals surface area contributed by atoms with E-state index in [1.54, 1.807) is 6.33 Å². The van der Waals surface area contributed by atoms with E-state index < -0.39 is 0 Å². The third-order valence-electron chi connectivity index (χ3n) is 2.77. The van der Waals surface area contributed by atoms with Gasteiger partial charge in [0.15, 0.2) is 5.82 Å². The number of nitrogens with zero attached hydrogens (tertiary/aromatic N) is 4. The second-order valence-corrected chi connectivity index (χ2v) is 5.30. The Bertz CT molecular complexity index is 388. The first kappa shape index (κ1) is 12.2. The number of amides is 2. The molecule has 17 heavy (non-hydrogen) atoms. The van der Waals surface area contributed by atoms with Crippen molar-refractivity contribution in [3.05, 3.63) is 12.2 Å². The monoisotopic (exact) mass is 255 g/mol. The topological polar surface area (TPSA) is 63.1 Å². The lowest BCUT2D eigenvalue weighted by Crippen LogP contribution is -2.45. The van der Waals surface area contributed by atoms with E-state index in [9.17, 15) is 4.79 Å². The predicted octanol–water partition coefficient (Wildman–Crippen LogP) is 0.634. The van der Waals surface area contributed by atoms with Gasteiger partial charge in [-0.1, -0.05) is 0 Å². The largest absolute Gasteiger partial charge is 0.328 e. The number of thioether (sulfide) groups is 1. The molecule has 1 fully saturated rings. The van der Waals surface area contributed by atoms with Gasteiger partial charge in [0.05, 0.1) is 6.04 Å². The van der Waals surface area contributed by atoms with Crippen molar-refractivity contribution in [3.63, 3.8) is 0 Å². The van der Waals surface area contributed by atoms with E-state index in [0.29, 0.717) is 0 Å². The maximum absolute atomic E-state index is 12.0. The Kier molecular flexibility index (Phi) is 3.88. The summed E-state index contributed by atoms with van der Waals surface area (Å²) >= 11 is 1.89. The zero-order valence-corrected chi connectivity index (χ0v) is 10.9. The summed E-state index contributed by atoms with van der Waals surface area (Å²) in [6.07, 6.45) is 1.63. The number of aromatic nitrogens is 3. The lowest BCUT2D eigenvalue weighted by molar-refractivity contribution is 0.199. The number of urea groups is 1. The minimum Gasteiger partial charge on any atom is -0.328 e. The lowest BCUT2D eigenvalue weighted by atomic mass is 10.3. The number of hydrogen-bond donors (Lipinski definition) is 1. The van der Waals surface area contributed by atoms with Gasteiger partial charge >= 0.3 is 6.03 Å². The van der Waals surface area contributed by atoms with Crippen molar-refractivity contribution in [2.45, 2.75) is 13.0 Å². The summed E-state index contributed by atoms with van der Waals surface area (Å²) in [7, 11) is 1.87. The summed E-state index contributed by atoms with van der Waals surface area (Å²) in [6, 6.07) is -0.134. The molecule has 0 bridgehead atoms. The number of carbonyl (C=O) groups is 1. The molecule has 0 unspecified atom stereocenters. The number of rotatable bonds is 2. The van der Waals surface area contributed by atoms with Gasteiger partial charge < -0.3 is 14.8 Å². The molecule has 0 spiro atoms. The number of aryl methyl sites for hydroxylation is 1. The van der Waals surface area contributed by atoms with Crippen LogP contribution in [-0.2, 0) is 7.05 Å². The molecular formula is C10H17N5OS. The molecule has 0 saturated carbocycles. The summed E-state index contributed by atoms with van der Waals surface area (Å²) in [4.78, 5) is 13.8. The molecule has 7 heteroatoms. The molecule has 1 aliphatic rings. The van der Waals surface area contributed by atoms with Crippen LogP contribution in [0.5, 0.6) is 0 Å². The van der Waals surface area contributed by atoms with E-state index in [1.807, 2.05) is 35.2 Å². The van der Waals surface area contributed by atoms with E-state index in [1.165, 1.54) is 0 Å². The van der Waals surface area contributed by atoms with Crippen LogP contribution in [0.4, 0.5) is 4.79 Å². The minimum atomic E-state index is -0.121. The van der Waals surface area contributed by atoms with Crippen LogP contribution < -0.4 is 5.32 Å². The van der Waals surface area contributed by atoms with Crippen molar-refractivity contribution in [1.82, 2.24) is 25.0 Å². The fourth-order valence-corrected chi connectivity index (χ4v) is 2.69. The Balaban J connectivity index is 1.92. The van der Waals surface area contributed by atoms with Crippen molar-refractivity contribution in [1.29, 1.82) is 0 Å². The number of hydrogen-bond acceptors (Lipinski definition) is 4. The van der Waals surface area contributed by atoms with Gasteiger partial charge in [0.25, 0.3) is 0 Å². The molecule has 0 radical (unpaired) electrons. The molecule has 94 valence electrons. The maximum atomic E-state index is 12.0. The average molecular weight is 255 g/mol. The highest BCUT2D eigenvalue weighted by Crippen LogP contribution is 2.12. The Labute approximate surface area is 105 Å². The first-order valence-corrected chi connectivity index (χ1v) is 6.81. The Morgan fingerprint density at radius 2 is 2.24 bits per heavy atom. The highest BCUT2D eigenvalue weighted by Gasteiger charge is 2.20. The van der Waals surface area contributed by atoms with Crippen LogP contribution in [0.25, 0.3) is 0 Å². The highest BCUT2D eigenvalue weighted by molar-refractivity contribution is 7.99. The van der Waals surface area contributed by atoms with Crippen molar-refractivity contribution in [2.24, 2.45) is 7.05 Å². The van der Waals surface area contributed by atoms with Gasteiger partial charge in [-0.2, -0.15) is 11.8 Å². The zero-order valence-electron chi connectivity index (χ0n) is 10.1. The molecule has 1 saturated heterocycles. The van der Waals surface area contributed by atoms with Crippen molar-refractivity contribution in [2.75, 3.05) is 24.6 Å². The first-order chi connectivity index (χ1) is 8.18. The maximum Gasteiger partial charge on any atom is 0.318 e. The van der Waals surface area contributed by atoms with E-state index in [0.717, 1.165) is 30.4 Å². The molecule has 1 aromatic rings. The molecule has 1 N–H and O–H groups in total. The molecule has 6 nitrogen and oxygen atoms in total. The lowest BCUT2D eigenvalue weighted by Gasteiger charge is -2.27. The molecule has 1 aromatic heterocycles. The fourth-order valence-electron chi connectivity index (χ4n) is 1.79. The number of carbonyl (C=O) groups excluding carboxylic acids is 1. The summed E-state index contributed by atoms with van der Waals surface area (Å²) in [6.45, 7) is 3.56. The summed E-state index contributed by atoms with van der Waals surface area (Å²) in [5.41, 5.74) is 0. The van der Waals surface area contributed by atoms with Crippen LogP contribution in [0.3, 0.4) is 0 Å². The average Bonchev–Trinajstić information content (AvgIpc) is 2.76. The highest BCUT2D eigenvalue weighted by atomic mass is 32.2. The van der Waals surface area contributed by atoms with Gasteiger partial charge in [0.2, 0.25) is 0 Å². The third kappa shape index (κ3) is 2.91. The second kappa shape index (κ2) is 5.39. The van der Waals surface area contributed by atoms with Crippen molar-refractivity contribution >= 4 is 17.8 Å². The van der Waals surface area contributed by atoms with Gasteiger partial charge in [-0.25, -0.2) is 4.79 Å². The smallest absolute Gasteiger partial charge is 0.318 e. The Morgan fingerprint density at radius 3 is 2.82 bits per heavy atom. The molecule has 0 aromatic carbocycles. The van der Waals surface area contributed by atoms with Gasteiger partial charge in [0.1, 0.15) is 6.33 Å². The molecule has 1 atom stereocenters. The van der Waals surface area contributed by atoms with E-state index >= 15 is 0 Å². The van der Waals surface area contributed by atoms with Crippen molar-refractivity contribution in [3.8, 4) is 0 Å². The third-order valence-corrected chi connectivity index (χ3v) is 3.71. The molecule has 2 rings (SSSR count). The van der Waals surface area contributed by atoms with Gasteiger partial charge in [-0.05, 0) is 6.92 Å². The molecule has 2 heterocycles. The normalized spacial score (nSPS) is 17.9.